The lowest BCUT2D eigenvalue weighted by molar-refractivity contribution is -0.387. The average Bonchev–Trinajstić information content (AvgIpc) is 2.49. The molecule has 0 amide bonds. The summed E-state index contributed by atoms with van der Waals surface area (Å²) >= 11 is 0. The van der Waals surface area contributed by atoms with E-state index in [9.17, 15) is 23.3 Å². The van der Waals surface area contributed by atoms with E-state index in [0.717, 1.165) is 12.1 Å². The van der Waals surface area contributed by atoms with E-state index in [1.807, 2.05) is 0 Å². The maximum absolute atomic E-state index is 12.4. The Morgan fingerprint density at radius 3 is 2.43 bits per heavy atom. The standard InChI is InChI=1S/C14H12N2O6S/c1-9-8-10(14(17)18)6-7-11(9)15-23(21,22)13-5-3-2-4-12(13)16(19)20/h2-8,15H,1H3,(H,17,18). The molecule has 23 heavy (non-hydrogen) atoms. The van der Waals surface area contributed by atoms with Crippen molar-refractivity contribution in [1.29, 1.82) is 0 Å². The molecular formula is C14H12N2O6S. The smallest absolute Gasteiger partial charge is 0.335 e. The van der Waals surface area contributed by atoms with Gasteiger partial charge in [-0.25, -0.2) is 13.2 Å². The number of hydrogen-bond acceptors (Lipinski definition) is 5. The summed E-state index contributed by atoms with van der Waals surface area (Å²) in [6.45, 7) is 1.53. The quantitative estimate of drug-likeness (QED) is 0.637. The van der Waals surface area contributed by atoms with Gasteiger partial charge in [0.2, 0.25) is 0 Å². The fourth-order valence-electron chi connectivity index (χ4n) is 1.95. The van der Waals surface area contributed by atoms with Crippen LogP contribution in [0.4, 0.5) is 11.4 Å². The van der Waals surface area contributed by atoms with Crippen LogP contribution < -0.4 is 4.72 Å². The van der Waals surface area contributed by atoms with Crippen molar-refractivity contribution in [3.05, 3.63) is 63.7 Å². The molecule has 0 aliphatic carbocycles. The first-order chi connectivity index (χ1) is 10.7. The van der Waals surface area contributed by atoms with Crippen LogP contribution in [0.2, 0.25) is 0 Å². The van der Waals surface area contributed by atoms with E-state index in [1.54, 1.807) is 0 Å². The molecule has 0 fully saturated rings. The molecule has 0 aromatic heterocycles. The molecule has 9 heteroatoms. The molecular weight excluding hydrogens is 324 g/mol. The van der Waals surface area contributed by atoms with Gasteiger partial charge in [0.15, 0.2) is 4.90 Å². The zero-order valence-corrected chi connectivity index (χ0v) is 12.7. The summed E-state index contributed by atoms with van der Waals surface area (Å²) in [7, 11) is -4.18. The van der Waals surface area contributed by atoms with Gasteiger partial charge in [-0.15, -0.1) is 0 Å². The van der Waals surface area contributed by atoms with Crippen LogP contribution in [0.3, 0.4) is 0 Å². The molecule has 0 aliphatic heterocycles. The van der Waals surface area contributed by atoms with Crippen LogP contribution in [-0.2, 0) is 10.0 Å². The number of rotatable bonds is 5. The highest BCUT2D eigenvalue weighted by Crippen LogP contribution is 2.26. The first-order valence-electron chi connectivity index (χ1n) is 6.32. The number of carboxylic acid groups (broad SMARTS) is 1. The molecule has 0 saturated carbocycles. The van der Waals surface area contributed by atoms with E-state index < -0.39 is 31.5 Å². The highest BCUT2D eigenvalue weighted by Gasteiger charge is 2.25. The number of nitrogens with zero attached hydrogens (tertiary/aromatic N) is 1. The summed E-state index contributed by atoms with van der Waals surface area (Å²) < 4.78 is 27.0. The number of anilines is 1. The van der Waals surface area contributed by atoms with Crippen molar-refractivity contribution in [2.75, 3.05) is 4.72 Å². The van der Waals surface area contributed by atoms with Crippen molar-refractivity contribution in [3.63, 3.8) is 0 Å². The molecule has 0 radical (unpaired) electrons. The number of carbonyl (C=O) groups is 1. The second kappa shape index (κ2) is 6.05. The molecule has 2 N–H and O–H groups in total. The van der Waals surface area contributed by atoms with Crippen LogP contribution in [0.25, 0.3) is 0 Å². The number of nitro benzene ring substituents is 1. The van der Waals surface area contributed by atoms with Gasteiger partial charge in [0.05, 0.1) is 16.2 Å². The van der Waals surface area contributed by atoms with Gasteiger partial charge in [-0.2, -0.15) is 0 Å². The number of aromatic carboxylic acids is 1. The molecule has 0 aliphatic rings. The van der Waals surface area contributed by atoms with Gasteiger partial charge >= 0.3 is 5.97 Å². The van der Waals surface area contributed by atoms with Gasteiger partial charge in [-0.05, 0) is 36.8 Å². The predicted molar refractivity (Wildman–Crippen MR) is 82.0 cm³/mol. The molecule has 2 aromatic rings. The number of nitrogens with one attached hydrogen (secondary N) is 1. The lowest BCUT2D eigenvalue weighted by Crippen LogP contribution is -2.15. The van der Waals surface area contributed by atoms with Gasteiger partial charge < -0.3 is 5.11 Å². The number of carboxylic acids is 1. The van der Waals surface area contributed by atoms with Crippen molar-refractivity contribution in [2.45, 2.75) is 11.8 Å². The third kappa shape index (κ3) is 3.46. The van der Waals surface area contributed by atoms with Gasteiger partial charge in [-0.3, -0.25) is 14.8 Å². The molecule has 0 unspecified atom stereocenters. The van der Waals surface area contributed by atoms with Gasteiger partial charge in [-0.1, -0.05) is 12.1 Å². The Bertz CT molecular complexity index is 892. The van der Waals surface area contributed by atoms with Gasteiger partial charge in [0.1, 0.15) is 0 Å². The second-order valence-electron chi connectivity index (χ2n) is 4.67. The lowest BCUT2D eigenvalue weighted by atomic mass is 10.1. The van der Waals surface area contributed by atoms with Crippen molar-refractivity contribution in [2.24, 2.45) is 0 Å². The number of sulfonamides is 1. The first kappa shape index (κ1) is 16.4. The number of hydrogen-bond donors (Lipinski definition) is 2. The summed E-state index contributed by atoms with van der Waals surface area (Å²) in [5.41, 5.74) is -0.00356. The third-order valence-corrected chi connectivity index (χ3v) is 4.48. The monoisotopic (exact) mass is 336 g/mol. The summed E-state index contributed by atoms with van der Waals surface area (Å²) in [6.07, 6.45) is 0. The number of nitro groups is 1. The fourth-order valence-corrected chi connectivity index (χ4v) is 3.25. The van der Waals surface area contributed by atoms with E-state index >= 15 is 0 Å². The molecule has 2 aromatic carbocycles. The number of para-hydroxylation sites is 1. The molecule has 2 rings (SSSR count). The summed E-state index contributed by atoms with van der Waals surface area (Å²) in [5.74, 6) is -1.14. The van der Waals surface area contributed by atoms with Crippen LogP contribution in [-0.4, -0.2) is 24.4 Å². The van der Waals surface area contributed by atoms with Crippen LogP contribution in [0.15, 0.2) is 47.4 Å². The molecule has 0 bridgehead atoms. The number of aryl methyl sites for hydroxylation is 1. The van der Waals surface area contributed by atoms with Gasteiger partial charge in [0.25, 0.3) is 15.7 Å². The fraction of sp³-hybridized carbons (Fsp3) is 0.0714. The highest BCUT2D eigenvalue weighted by molar-refractivity contribution is 7.92. The Kier molecular flexibility index (Phi) is 4.32. The van der Waals surface area contributed by atoms with E-state index in [-0.39, 0.29) is 11.3 Å². The predicted octanol–water partition coefficient (Wildman–Crippen LogP) is 2.40. The van der Waals surface area contributed by atoms with E-state index in [4.69, 9.17) is 5.11 Å². The second-order valence-corrected chi connectivity index (χ2v) is 6.32. The zero-order chi connectivity index (χ0) is 17.2. The summed E-state index contributed by atoms with van der Waals surface area (Å²) in [5, 5.41) is 19.9. The van der Waals surface area contributed by atoms with Crippen LogP contribution >= 0.6 is 0 Å². The van der Waals surface area contributed by atoms with Crippen molar-refractivity contribution in [1.82, 2.24) is 0 Å². The van der Waals surface area contributed by atoms with E-state index in [0.29, 0.717) is 5.56 Å². The minimum atomic E-state index is -4.18. The minimum absolute atomic E-state index is 0.0103. The zero-order valence-electron chi connectivity index (χ0n) is 11.9. The summed E-state index contributed by atoms with van der Waals surface area (Å²) in [4.78, 5) is 20.6. The Balaban J connectivity index is 2.44. The van der Waals surface area contributed by atoms with Crippen LogP contribution in [0.5, 0.6) is 0 Å². The average molecular weight is 336 g/mol. The van der Waals surface area contributed by atoms with E-state index in [2.05, 4.69) is 4.72 Å². The third-order valence-electron chi connectivity index (χ3n) is 3.07. The normalized spacial score (nSPS) is 11.0. The first-order valence-corrected chi connectivity index (χ1v) is 7.81. The van der Waals surface area contributed by atoms with Crippen LogP contribution in [0.1, 0.15) is 15.9 Å². The maximum atomic E-state index is 12.4. The van der Waals surface area contributed by atoms with Crippen molar-refractivity contribution < 1.29 is 23.2 Å². The highest BCUT2D eigenvalue weighted by atomic mass is 32.2. The minimum Gasteiger partial charge on any atom is -0.478 e. The Morgan fingerprint density at radius 2 is 1.87 bits per heavy atom. The lowest BCUT2D eigenvalue weighted by Gasteiger charge is -2.11. The van der Waals surface area contributed by atoms with Crippen LogP contribution in [0, 0.1) is 17.0 Å². The molecule has 0 saturated heterocycles. The Hall–Kier alpha value is -2.94. The number of benzene rings is 2. The maximum Gasteiger partial charge on any atom is 0.335 e. The van der Waals surface area contributed by atoms with Crippen molar-refractivity contribution >= 4 is 27.4 Å². The topological polar surface area (TPSA) is 127 Å². The van der Waals surface area contributed by atoms with Crippen molar-refractivity contribution in [3.8, 4) is 0 Å². The molecule has 120 valence electrons. The summed E-state index contributed by atoms with van der Waals surface area (Å²) in [6, 6.07) is 8.81. The van der Waals surface area contributed by atoms with Gasteiger partial charge in [0, 0.05) is 6.07 Å². The molecule has 0 heterocycles. The molecule has 8 nitrogen and oxygen atoms in total. The SMILES string of the molecule is Cc1cc(C(=O)O)ccc1NS(=O)(=O)c1ccccc1[N+](=O)[O-]. The van der Waals surface area contributed by atoms with E-state index in [1.165, 1.54) is 37.3 Å². The Labute approximate surface area is 131 Å². The molecule has 0 spiro atoms. The Morgan fingerprint density at radius 1 is 1.22 bits per heavy atom. The molecule has 0 atom stereocenters. The largest absolute Gasteiger partial charge is 0.478 e.